The maximum Gasteiger partial charge on any atom is 0.338 e. The van der Waals surface area contributed by atoms with Gasteiger partial charge in [-0.25, -0.2) is 9.47 Å². The highest BCUT2D eigenvalue weighted by atomic mass is 35.5. The Labute approximate surface area is 193 Å². The number of ether oxygens (including phenoxy) is 1. The number of halogens is 2. The van der Waals surface area contributed by atoms with E-state index in [0.717, 1.165) is 18.2 Å². The Bertz CT molecular complexity index is 1090. The summed E-state index contributed by atoms with van der Waals surface area (Å²) in [6, 6.07) is 11.4. The Hall–Kier alpha value is -2.75. The minimum atomic E-state index is -0.394. The fraction of sp³-hybridized carbons (Fsp3) is 0.200. The van der Waals surface area contributed by atoms with Crippen LogP contribution < -0.4 is 11.2 Å². The second-order valence-electron chi connectivity index (χ2n) is 6.35. The number of hydrogen-bond acceptors (Lipinski definition) is 7. The van der Waals surface area contributed by atoms with Crippen molar-refractivity contribution in [2.75, 3.05) is 23.5 Å². The molecule has 3 aromatic rings. The maximum atomic E-state index is 12.3. The SMILES string of the molecule is CCCOC(=O)c1ccc(NC(=O)CSc2nnc(-c3ccc(Cl)cc3Cl)n2N)cc1. The molecule has 0 aliphatic heterocycles. The highest BCUT2D eigenvalue weighted by molar-refractivity contribution is 7.99. The number of nitrogens with one attached hydrogen (secondary N) is 1. The highest BCUT2D eigenvalue weighted by Crippen LogP contribution is 2.30. The molecule has 0 radical (unpaired) electrons. The molecule has 0 spiro atoms. The third-order valence-corrected chi connectivity index (χ3v) is 5.50. The van der Waals surface area contributed by atoms with Crippen molar-refractivity contribution in [2.24, 2.45) is 0 Å². The quantitative estimate of drug-likeness (QED) is 0.281. The van der Waals surface area contributed by atoms with Crippen molar-refractivity contribution in [3.05, 3.63) is 58.1 Å². The molecule has 0 aliphatic carbocycles. The molecule has 0 atom stereocenters. The first-order valence-electron chi connectivity index (χ1n) is 9.24. The molecule has 1 amide bonds. The normalized spacial score (nSPS) is 10.7. The van der Waals surface area contributed by atoms with Gasteiger partial charge in [0.25, 0.3) is 0 Å². The number of rotatable bonds is 8. The van der Waals surface area contributed by atoms with E-state index in [4.69, 9.17) is 33.8 Å². The third kappa shape index (κ3) is 5.90. The van der Waals surface area contributed by atoms with Crippen LogP contribution in [0.3, 0.4) is 0 Å². The van der Waals surface area contributed by atoms with Gasteiger partial charge in [-0.1, -0.05) is 41.9 Å². The second-order valence-corrected chi connectivity index (χ2v) is 8.14. The monoisotopic (exact) mass is 479 g/mol. The van der Waals surface area contributed by atoms with E-state index in [9.17, 15) is 9.59 Å². The van der Waals surface area contributed by atoms with Gasteiger partial charge < -0.3 is 15.9 Å². The number of esters is 1. The van der Waals surface area contributed by atoms with Gasteiger partial charge in [0.2, 0.25) is 11.1 Å². The van der Waals surface area contributed by atoms with Gasteiger partial charge in [0.05, 0.1) is 22.9 Å². The first-order chi connectivity index (χ1) is 14.9. The van der Waals surface area contributed by atoms with E-state index in [0.29, 0.717) is 44.4 Å². The van der Waals surface area contributed by atoms with Crippen LogP contribution in [0.25, 0.3) is 11.4 Å². The molecule has 0 fully saturated rings. The van der Waals surface area contributed by atoms with Gasteiger partial charge in [0, 0.05) is 16.3 Å². The number of aromatic nitrogens is 3. The summed E-state index contributed by atoms with van der Waals surface area (Å²) < 4.78 is 6.34. The molecule has 0 bridgehead atoms. The van der Waals surface area contributed by atoms with Gasteiger partial charge >= 0.3 is 5.97 Å². The molecule has 1 heterocycles. The average molecular weight is 480 g/mol. The number of nitrogen functional groups attached to an aromatic ring is 1. The van der Waals surface area contributed by atoms with Crippen molar-refractivity contribution in [3.8, 4) is 11.4 Å². The van der Waals surface area contributed by atoms with E-state index >= 15 is 0 Å². The van der Waals surface area contributed by atoms with Crippen LogP contribution in [-0.2, 0) is 9.53 Å². The third-order valence-electron chi connectivity index (χ3n) is 4.01. The van der Waals surface area contributed by atoms with E-state index < -0.39 is 5.97 Å². The average Bonchev–Trinajstić information content (AvgIpc) is 3.11. The topological polar surface area (TPSA) is 112 Å². The lowest BCUT2D eigenvalue weighted by molar-refractivity contribution is -0.113. The van der Waals surface area contributed by atoms with Crippen LogP contribution in [0.4, 0.5) is 5.69 Å². The van der Waals surface area contributed by atoms with Gasteiger partial charge in [0.1, 0.15) is 0 Å². The molecule has 11 heteroatoms. The zero-order valence-electron chi connectivity index (χ0n) is 16.5. The Morgan fingerprint density at radius 1 is 1.16 bits per heavy atom. The van der Waals surface area contributed by atoms with Gasteiger partial charge in [-0.2, -0.15) is 0 Å². The van der Waals surface area contributed by atoms with Crippen LogP contribution in [0.1, 0.15) is 23.7 Å². The van der Waals surface area contributed by atoms with Crippen LogP contribution in [0.5, 0.6) is 0 Å². The summed E-state index contributed by atoms with van der Waals surface area (Å²) in [4.78, 5) is 24.1. The number of nitrogens with zero attached hydrogens (tertiary/aromatic N) is 3. The van der Waals surface area contributed by atoms with Crippen LogP contribution in [-0.4, -0.2) is 39.1 Å². The number of carbonyl (C=O) groups excluding carboxylic acids is 2. The Balaban J connectivity index is 1.58. The largest absolute Gasteiger partial charge is 0.462 e. The van der Waals surface area contributed by atoms with E-state index in [1.807, 2.05) is 6.92 Å². The van der Waals surface area contributed by atoms with Crippen molar-refractivity contribution in [3.63, 3.8) is 0 Å². The van der Waals surface area contributed by atoms with E-state index in [1.165, 1.54) is 4.68 Å². The molecule has 3 N–H and O–H groups in total. The summed E-state index contributed by atoms with van der Waals surface area (Å²) in [6.07, 6.45) is 0.752. The fourth-order valence-electron chi connectivity index (χ4n) is 2.52. The van der Waals surface area contributed by atoms with Crippen molar-refractivity contribution < 1.29 is 14.3 Å². The van der Waals surface area contributed by atoms with Crippen LogP contribution >= 0.6 is 35.0 Å². The van der Waals surface area contributed by atoms with Crippen molar-refractivity contribution in [1.82, 2.24) is 14.9 Å². The lowest BCUT2D eigenvalue weighted by Gasteiger charge is -2.07. The molecule has 8 nitrogen and oxygen atoms in total. The van der Waals surface area contributed by atoms with E-state index in [1.54, 1.807) is 42.5 Å². The standard InChI is InChI=1S/C20H19Cl2N5O3S/c1-2-9-30-19(29)12-3-6-14(7-4-12)24-17(28)11-31-20-26-25-18(27(20)23)15-8-5-13(21)10-16(15)22/h3-8,10H,2,9,11,23H2,1H3,(H,24,28). The molecule has 162 valence electrons. The number of hydrogen-bond donors (Lipinski definition) is 2. The van der Waals surface area contributed by atoms with Gasteiger partial charge in [-0.05, 0) is 48.9 Å². The summed E-state index contributed by atoms with van der Waals surface area (Å²) in [5, 5.41) is 12.1. The van der Waals surface area contributed by atoms with Gasteiger partial charge in [-0.15, -0.1) is 10.2 Å². The predicted molar refractivity (Wildman–Crippen MR) is 122 cm³/mol. The zero-order valence-corrected chi connectivity index (χ0v) is 18.8. The molecule has 3 rings (SSSR count). The summed E-state index contributed by atoms with van der Waals surface area (Å²) >= 11 is 13.2. The van der Waals surface area contributed by atoms with Crippen LogP contribution in [0.15, 0.2) is 47.6 Å². The van der Waals surface area contributed by atoms with Gasteiger partial charge in [-0.3, -0.25) is 4.79 Å². The summed E-state index contributed by atoms with van der Waals surface area (Å²) in [6.45, 7) is 2.29. The zero-order chi connectivity index (χ0) is 22.4. The molecule has 31 heavy (non-hydrogen) atoms. The number of nitrogens with two attached hydrogens (primary N) is 1. The highest BCUT2D eigenvalue weighted by Gasteiger charge is 2.16. The first kappa shape index (κ1) is 22.9. The molecule has 0 unspecified atom stereocenters. The first-order valence-corrected chi connectivity index (χ1v) is 11.0. The number of amides is 1. The fourth-order valence-corrected chi connectivity index (χ4v) is 3.67. The molecule has 0 saturated heterocycles. The Kier molecular flexibility index (Phi) is 7.78. The Morgan fingerprint density at radius 3 is 2.58 bits per heavy atom. The number of carbonyl (C=O) groups is 2. The van der Waals surface area contributed by atoms with Crippen LogP contribution in [0, 0.1) is 0 Å². The molecule has 0 aliphatic rings. The van der Waals surface area contributed by atoms with E-state index in [-0.39, 0.29) is 11.7 Å². The summed E-state index contributed by atoms with van der Waals surface area (Å²) in [7, 11) is 0. The van der Waals surface area contributed by atoms with Crippen LogP contribution in [0.2, 0.25) is 10.0 Å². The Morgan fingerprint density at radius 2 is 1.90 bits per heavy atom. The van der Waals surface area contributed by atoms with Gasteiger partial charge in [0.15, 0.2) is 5.82 Å². The van der Waals surface area contributed by atoms with Crippen molar-refractivity contribution in [2.45, 2.75) is 18.5 Å². The molecule has 2 aromatic carbocycles. The number of anilines is 1. The number of benzene rings is 2. The van der Waals surface area contributed by atoms with Crippen molar-refractivity contribution >= 4 is 52.5 Å². The smallest absolute Gasteiger partial charge is 0.338 e. The maximum absolute atomic E-state index is 12.3. The molecule has 1 aromatic heterocycles. The second kappa shape index (κ2) is 10.5. The molecular formula is C20H19Cl2N5O3S. The van der Waals surface area contributed by atoms with E-state index in [2.05, 4.69) is 15.5 Å². The minimum Gasteiger partial charge on any atom is -0.462 e. The lowest BCUT2D eigenvalue weighted by atomic mass is 10.2. The molecular weight excluding hydrogens is 461 g/mol. The minimum absolute atomic E-state index is 0.0595. The predicted octanol–water partition coefficient (Wildman–Crippen LogP) is 4.26. The summed E-state index contributed by atoms with van der Waals surface area (Å²) in [5.41, 5.74) is 1.56. The van der Waals surface area contributed by atoms with Crippen molar-refractivity contribution in [1.29, 1.82) is 0 Å². The molecule has 0 saturated carbocycles. The summed E-state index contributed by atoms with van der Waals surface area (Å²) in [5.74, 6) is 5.82. The lowest BCUT2D eigenvalue weighted by Crippen LogP contribution is -2.16. The number of thioether (sulfide) groups is 1.